The quantitative estimate of drug-likeness (QED) is 0.762. The first-order valence-electron chi connectivity index (χ1n) is 6.32. The number of carbonyl (C=O) groups excluding carboxylic acids is 1. The molecule has 0 saturated carbocycles. The maximum Gasteiger partial charge on any atom is 0.223 e. The number of amides is 1. The first-order chi connectivity index (χ1) is 7.75. The zero-order valence-corrected chi connectivity index (χ0v) is 10.7. The van der Waals surface area contributed by atoms with Crippen molar-refractivity contribution >= 4 is 5.91 Å². The highest BCUT2D eigenvalue weighted by Crippen LogP contribution is 2.16. The Labute approximate surface area is 98.3 Å². The van der Waals surface area contributed by atoms with Gasteiger partial charge in [0.25, 0.3) is 0 Å². The Morgan fingerprint density at radius 2 is 1.81 bits per heavy atom. The SMILES string of the molecule is CC.CN1CCC(C(=O)NC2COC2)CC1. The summed E-state index contributed by atoms with van der Waals surface area (Å²) in [6.45, 7) is 7.47. The van der Waals surface area contributed by atoms with Gasteiger partial charge in [-0.3, -0.25) is 4.79 Å². The Hall–Kier alpha value is -0.610. The van der Waals surface area contributed by atoms with E-state index in [1.54, 1.807) is 0 Å². The van der Waals surface area contributed by atoms with Gasteiger partial charge in [-0.25, -0.2) is 0 Å². The van der Waals surface area contributed by atoms with Crippen molar-refractivity contribution in [1.82, 2.24) is 10.2 Å². The number of carbonyl (C=O) groups is 1. The third-order valence-electron chi connectivity index (χ3n) is 3.07. The van der Waals surface area contributed by atoms with Gasteiger partial charge in [0, 0.05) is 5.92 Å². The summed E-state index contributed by atoms with van der Waals surface area (Å²) in [6, 6.07) is 0.280. The van der Waals surface area contributed by atoms with Gasteiger partial charge in [-0.1, -0.05) is 13.8 Å². The molecule has 16 heavy (non-hydrogen) atoms. The summed E-state index contributed by atoms with van der Waals surface area (Å²) in [7, 11) is 2.11. The van der Waals surface area contributed by atoms with Crippen molar-refractivity contribution in [3.8, 4) is 0 Å². The molecule has 0 spiro atoms. The summed E-state index contributed by atoms with van der Waals surface area (Å²) in [4.78, 5) is 14.0. The molecule has 2 rings (SSSR count). The van der Waals surface area contributed by atoms with E-state index >= 15 is 0 Å². The molecule has 2 saturated heterocycles. The molecule has 0 aromatic rings. The number of piperidine rings is 1. The Bertz CT molecular complexity index is 209. The molecule has 0 aromatic carbocycles. The molecule has 94 valence electrons. The molecular weight excluding hydrogens is 204 g/mol. The minimum absolute atomic E-state index is 0.228. The number of hydrogen-bond acceptors (Lipinski definition) is 3. The lowest BCUT2D eigenvalue weighted by atomic mass is 9.96. The molecule has 4 heteroatoms. The van der Waals surface area contributed by atoms with Crippen LogP contribution in [0.1, 0.15) is 26.7 Å². The third-order valence-corrected chi connectivity index (χ3v) is 3.07. The van der Waals surface area contributed by atoms with E-state index in [0.717, 1.165) is 25.9 Å². The molecule has 0 radical (unpaired) electrons. The topological polar surface area (TPSA) is 41.6 Å². The highest BCUT2D eigenvalue weighted by Gasteiger charge is 2.27. The second-order valence-corrected chi connectivity index (χ2v) is 4.32. The van der Waals surface area contributed by atoms with E-state index < -0.39 is 0 Å². The van der Waals surface area contributed by atoms with E-state index in [0.29, 0.717) is 13.2 Å². The summed E-state index contributed by atoms with van der Waals surface area (Å²) < 4.78 is 5.02. The fourth-order valence-electron chi connectivity index (χ4n) is 1.91. The summed E-state index contributed by atoms with van der Waals surface area (Å²) in [5.41, 5.74) is 0. The number of likely N-dealkylation sites (tertiary alicyclic amines) is 1. The molecule has 0 aromatic heterocycles. The molecule has 1 N–H and O–H groups in total. The number of nitrogens with zero attached hydrogens (tertiary/aromatic N) is 1. The van der Waals surface area contributed by atoms with Crippen LogP contribution in [-0.2, 0) is 9.53 Å². The molecule has 2 aliphatic heterocycles. The molecule has 2 fully saturated rings. The fourth-order valence-corrected chi connectivity index (χ4v) is 1.91. The average Bonchev–Trinajstić information content (AvgIpc) is 2.27. The summed E-state index contributed by atoms with van der Waals surface area (Å²) >= 11 is 0. The second kappa shape index (κ2) is 6.86. The van der Waals surface area contributed by atoms with Crippen LogP contribution in [0.4, 0.5) is 0 Å². The first kappa shape index (κ1) is 13.5. The number of rotatable bonds is 2. The van der Waals surface area contributed by atoms with Crippen LogP contribution in [0.2, 0.25) is 0 Å². The third kappa shape index (κ3) is 3.76. The van der Waals surface area contributed by atoms with Gasteiger partial charge in [0.2, 0.25) is 5.91 Å². The van der Waals surface area contributed by atoms with E-state index in [1.807, 2.05) is 13.8 Å². The predicted octanol–water partition coefficient (Wildman–Crippen LogP) is 0.869. The van der Waals surface area contributed by atoms with Gasteiger partial charge in [0.15, 0.2) is 0 Å². The Morgan fingerprint density at radius 3 is 2.25 bits per heavy atom. The Kier molecular flexibility index (Phi) is 5.77. The lowest BCUT2D eigenvalue weighted by Gasteiger charge is -2.32. The van der Waals surface area contributed by atoms with Crippen LogP contribution in [0, 0.1) is 5.92 Å². The van der Waals surface area contributed by atoms with Gasteiger partial charge in [-0.15, -0.1) is 0 Å². The molecular formula is C12H24N2O2. The van der Waals surface area contributed by atoms with Crippen LogP contribution in [0.25, 0.3) is 0 Å². The molecule has 2 aliphatic rings. The molecule has 2 heterocycles. The van der Waals surface area contributed by atoms with Crippen LogP contribution in [0.5, 0.6) is 0 Å². The Balaban J connectivity index is 0.000000606. The van der Waals surface area contributed by atoms with E-state index in [9.17, 15) is 4.79 Å². The molecule has 0 atom stereocenters. The largest absolute Gasteiger partial charge is 0.377 e. The molecule has 4 nitrogen and oxygen atoms in total. The van der Waals surface area contributed by atoms with Gasteiger partial charge >= 0.3 is 0 Å². The first-order valence-corrected chi connectivity index (χ1v) is 6.32. The standard InChI is InChI=1S/C10H18N2O2.C2H6/c1-12-4-2-8(3-5-12)10(13)11-9-6-14-7-9;1-2/h8-9H,2-7H2,1H3,(H,11,13);1-2H3. The summed E-state index contributed by atoms with van der Waals surface area (Å²) in [6.07, 6.45) is 1.99. The molecule has 0 bridgehead atoms. The maximum absolute atomic E-state index is 11.7. The number of ether oxygens (including phenoxy) is 1. The van der Waals surface area contributed by atoms with Crippen molar-refractivity contribution in [2.45, 2.75) is 32.7 Å². The second-order valence-electron chi connectivity index (χ2n) is 4.32. The van der Waals surface area contributed by atoms with Crippen LogP contribution in [-0.4, -0.2) is 50.2 Å². The molecule has 1 amide bonds. The van der Waals surface area contributed by atoms with Gasteiger partial charge < -0.3 is 15.0 Å². The van der Waals surface area contributed by atoms with Crippen LogP contribution >= 0.6 is 0 Å². The lowest BCUT2D eigenvalue weighted by Crippen LogP contribution is -2.51. The monoisotopic (exact) mass is 228 g/mol. The number of hydrogen-bond donors (Lipinski definition) is 1. The highest BCUT2D eigenvalue weighted by atomic mass is 16.5. The van der Waals surface area contributed by atoms with E-state index in [-0.39, 0.29) is 17.9 Å². The van der Waals surface area contributed by atoms with Gasteiger partial charge in [-0.2, -0.15) is 0 Å². The van der Waals surface area contributed by atoms with Gasteiger partial charge in [-0.05, 0) is 33.0 Å². The molecule has 0 aliphatic carbocycles. The Morgan fingerprint density at radius 1 is 1.25 bits per heavy atom. The lowest BCUT2D eigenvalue weighted by molar-refractivity contribution is -0.130. The van der Waals surface area contributed by atoms with Crippen molar-refractivity contribution < 1.29 is 9.53 Å². The predicted molar refractivity (Wildman–Crippen MR) is 64.3 cm³/mol. The van der Waals surface area contributed by atoms with Crippen molar-refractivity contribution in [2.24, 2.45) is 5.92 Å². The zero-order valence-electron chi connectivity index (χ0n) is 10.7. The van der Waals surface area contributed by atoms with Crippen molar-refractivity contribution in [3.05, 3.63) is 0 Å². The molecule has 0 unspecified atom stereocenters. The van der Waals surface area contributed by atoms with Crippen LogP contribution in [0.3, 0.4) is 0 Å². The summed E-state index contributed by atoms with van der Waals surface area (Å²) in [5.74, 6) is 0.457. The fraction of sp³-hybridized carbons (Fsp3) is 0.917. The highest BCUT2D eigenvalue weighted by molar-refractivity contribution is 5.79. The van der Waals surface area contributed by atoms with Crippen molar-refractivity contribution in [3.63, 3.8) is 0 Å². The summed E-state index contributed by atoms with van der Waals surface area (Å²) in [5, 5.41) is 3.02. The van der Waals surface area contributed by atoms with E-state index in [4.69, 9.17) is 4.74 Å². The van der Waals surface area contributed by atoms with Crippen molar-refractivity contribution in [2.75, 3.05) is 33.4 Å². The van der Waals surface area contributed by atoms with E-state index in [1.165, 1.54) is 0 Å². The van der Waals surface area contributed by atoms with Gasteiger partial charge in [0.1, 0.15) is 0 Å². The smallest absolute Gasteiger partial charge is 0.223 e. The van der Waals surface area contributed by atoms with Crippen molar-refractivity contribution in [1.29, 1.82) is 0 Å². The maximum atomic E-state index is 11.7. The van der Waals surface area contributed by atoms with Crippen LogP contribution in [0.15, 0.2) is 0 Å². The van der Waals surface area contributed by atoms with E-state index in [2.05, 4.69) is 17.3 Å². The zero-order chi connectivity index (χ0) is 12.0. The number of nitrogens with one attached hydrogen (secondary N) is 1. The average molecular weight is 228 g/mol. The normalized spacial score (nSPS) is 22.9. The van der Waals surface area contributed by atoms with Crippen LogP contribution < -0.4 is 5.32 Å². The minimum Gasteiger partial charge on any atom is -0.377 e. The minimum atomic E-state index is 0.228. The van der Waals surface area contributed by atoms with Gasteiger partial charge in [0.05, 0.1) is 19.3 Å².